The smallest absolute Gasteiger partial charge is 0.253 e. The maximum Gasteiger partial charge on any atom is 0.253 e. The number of carbonyl (C=O) groups excluding carboxylic acids is 1. The molecule has 1 amide bonds. The number of benzene rings is 1. The molecule has 2 aromatic rings. The maximum absolute atomic E-state index is 13.0. The fraction of sp³-hybridized carbons (Fsp3) is 0.231. The van der Waals surface area contributed by atoms with Gasteiger partial charge < -0.3 is 15.4 Å². The predicted octanol–water partition coefficient (Wildman–Crippen LogP) is 1.21. The fourth-order valence-corrected chi connectivity index (χ4v) is 1.66. The number of H-pyrrole nitrogens is 1. The Bertz CT molecular complexity index is 583. The van der Waals surface area contributed by atoms with E-state index >= 15 is 0 Å². The van der Waals surface area contributed by atoms with Gasteiger partial charge in [-0.05, 0) is 24.6 Å². The highest BCUT2D eigenvalue weighted by Crippen LogP contribution is 2.14. The number of amides is 1. The Morgan fingerprint density at radius 3 is 3.00 bits per heavy atom. The van der Waals surface area contributed by atoms with E-state index in [-0.39, 0.29) is 12.1 Å². The third-order valence-electron chi connectivity index (χ3n) is 2.78. The molecule has 0 saturated carbocycles. The second-order valence-electron chi connectivity index (χ2n) is 4.15. The second kappa shape index (κ2) is 5.62. The number of nitrogens with zero attached hydrogens (tertiary/aromatic N) is 1. The summed E-state index contributed by atoms with van der Waals surface area (Å²) < 4.78 is 13.0. The highest BCUT2D eigenvalue weighted by atomic mass is 19.1. The number of aromatic nitrogens is 2. The molecule has 0 saturated heterocycles. The van der Waals surface area contributed by atoms with Crippen LogP contribution in [0.2, 0.25) is 0 Å². The summed E-state index contributed by atoms with van der Waals surface area (Å²) in [5, 5.41) is 12.4. The van der Waals surface area contributed by atoms with Crippen LogP contribution in [0.3, 0.4) is 0 Å². The summed E-state index contributed by atoms with van der Waals surface area (Å²) in [5.41, 5.74) is 1.76. The van der Waals surface area contributed by atoms with Crippen molar-refractivity contribution in [3.05, 3.63) is 53.4 Å². The lowest BCUT2D eigenvalue weighted by atomic mass is 10.1. The normalized spacial score (nSPS) is 12.2. The first-order valence-electron chi connectivity index (χ1n) is 5.78. The lowest BCUT2D eigenvalue weighted by molar-refractivity contribution is -0.129. The molecule has 1 aromatic carbocycles. The fourth-order valence-electron chi connectivity index (χ4n) is 1.66. The molecular weight excluding hydrogens is 249 g/mol. The number of aromatic amines is 1. The molecule has 0 aliphatic heterocycles. The zero-order valence-corrected chi connectivity index (χ0v) is 10.4. The van der Waals surface area contributed by atoms with E-state index in [2.05, 4.69) is 15.3 Å². The minimum Gasteiger partial charge on any atom is -0.378 e. The molecule has 0 fully saturated rings. The molecule has 0 aliphatic rings. The van der Waals surface area contributed by atoms with Crippen molar-refractivity contribution in [2.75, 3.05) is 0 Å². The van der Waals surface area contributed by atoms with Gasteiger partial charge in [-0.3, -0.25) is 4.79 Å². The Balaban J connectivity index is 1.98. The zero-order chi connectivity index (χ0) is 13.8. The summed E-state index contributed by atoms with van der Waals surface area (Å²) in [7, 11) is 0. The first kappa shape index (κ1) is 13.2. The summed E-state index contributed by atoms with van der Waals surface area (Å²) in [6, 6.07) is 5.32. The van der Waals surface area contributed by atoms with Gasteiger partial charge >= 0.3 is 0 Å². The van der Waals surface area contributed by atoms with Gasteiger partial charge in [0.1, 0.15) is 5.82 Å². The van der Waals surface area contributed by atoms with Crippen molar-refractivity contribution in [1.29, 1.82) is 0 Å². The largest absolute Gasteiger partial charge is 0.378 e. The van der Waals surface area contributed by atoms with Gasteiger partial charge in [-0.1, -0.05) is 12.1 Å². The van der Waals surface area contributed by atoms with Gasteiger partial charge in [0.2, 0.25) is 0 Å². The SMILES string of the molecule is Cc1[nH]cnc1CNC(=O)C(O)c1cccc(F)c1. The molecule has 5 nitrogen and oxygen atoms in total. The Morgan fingerprint density at radius 1 is 1.58 bits per heavy atom. The molecule has 1 atom stereocenters. The van der Waals surface area contributed by atoms with E-state index in [1.165, 1.54) is 24.5 Å². The number of imidazole rings is 1. The van der Waals surface area contributed by atoms with Crippen molar-refractivity contribution in [1.82, 2.24) is 15.3 Å². The van der Waals surface area contributed by atoms with E-state index in [9.17, 15) is 14.3 Å². The molecule has 1 unspecified atom stereocenters. The van der Waals surface area contributed by atoms with E-state index in [4.69, 9.17) is 0 Å². The monoisotopic (exact) mass is 263 g/mol. The van der Waals surface area contributed by atoms with Crippen LogP contribution in [-0.2, 0) is 11.3 Å². The summed E-state index contributed by atoms with van der Waals surface area (Å²) in [4.78, 5) is 18.6. The first-order chi connectivity index (χ1) is 9.08. The quantitative estimate of drug-likeness (QED) is 0.775. The Kier molecular flexibility index (Phi) is 3.91. The number of carbonyl (C=O) groups is 1. The number of hydrogen-bond acceptors (Lipinski definition) is 3. The highest BCUT2D eigenvalue weighted by molar-refractivity contribution is 5.81. The van der Waals surface area contributed by atoms with Crippen molar-refractivity contribution < 1.29 is 14.3 Å². The average Bonchev–Trinajstić information content (AvgIpc) is 2.80. The zero-order valence-electron chi connectivity index (χ0n) is 10.4. The molecule has 0 spiro atoms. The number of aliphatic hydroxyl groups excluding tert-OH is 1. The molecule has 6 heteroatoms. The van der Waals surface area contributed by atoms with Crippen LogP contribution in [0.25, 0.3) is 0 Å². The summed E-state index contributed by atoms with van der Waals surface area (Å²) in [6.45, 7) is 2.04. The van der Waals surface area contributed by atoms with E-state index in [1.807, 2.05) is 6.92 Å². The number of rotatable bonds is 4. The number of aliphatic hydroxyl groups is 1. The average molecular weight is 263 g/mol. The number of nitrogens with one attached hydrogen (secondary N) is 2. The van der Waals surface area contributed by atoms with E-state index in [0.717, 1.165) is 11.8 Å². The molecular formula is C13H14FN3O2. The highest BCUT2D eigenvalue weighted by Gasteiger charge is 2.17. The van der Waals surface area contributed by atoms with Gasteiger partial charge in [0.25, 0.3) is 5.91 Å². The second-order valence-corrected chi connectivity index (χ2v) is 4.15. The van der Waals surface area contributed by atoms with E-state index in [1.54, 1.807) is 0 Å². The minimum atomic E-state index is -1.39. The van der Waals surface area contributed by atoms with Crippen molar-refractivity contribution in [3.8, 4) is 0 Å². The van der Waals surface area contributed by atoms with Gasteiger partial charge in [0.15, 0.2) is 6.10 Å². The summed E-state index contributed by atoms with van der Waals surface area (Å²) in [5.74, 6) is -1.08. The molecule has 0 radical (unpaired) electrons. The number of aryl methyl sites for hydroxylation is 1. The molecule has 1 heterocycles. The Morgan fingerprint density at radius 2 is 2.37 bits per heavy atom. The molecule has 3 N–H and O–H groups in total. The lowest BCUT2D eigenvalue weighted by Gasteiger charge is -2.11. The first-order valence-corrected chi connectivity index (χ1v) is 5.78. The van der Waals surface area contributed by atoms with Crippen LogP contribution >= 0.6 is 0 Å². The van der Waals surface area contributed by atoms with Crippen LogP contribution in [0.5, 0.6) is 0 Å². The van der Waals surface area contributed by atoms with Gasteiger partial charge in [-0.2, -0.15) is 0 Å². The maximum atomic E-state index is 13.0. The van der Waals surface area contributed by atoms with Gasteiger partial charge in [-0.25, -0.2) is 9.37 Å². The van der Waals surface area contributed by atoms with Crippen molar-refractivity contribution in [2.45, 2.75) is 19.6 Å². The van der Waals surface area contributed by atoms with Gasteiger partial charge in [0.05, 0.1) is 18.6 Å². The van der Waals surface area contributed by atoms with E-state index < -0.39 is 17.8 Å². The van der Waals surface area contributed by atoms with Crippen LogP contribution in [-0.4, -0.2) is 21.0 Å². The summed E-state index contributed by atoms with van der Waals surface area (Å²) in [6.07, 6.45) is 0.134. The van der Waals surface area contributed by atoms with Crippen LogP contribution in [0.1, 0.15) is 23.1 Å². The third kappa shape index (κ3) is 3.17. The molecule has 100 valence electrons. The molecule has 2 rings (SSSR count). The van der Waals surface area contributed by atoms with Crippen LogP contribution in [0.15, 0.2) is 30.6 Å². The molecule has 1 aromatic heterocycles. The Labute approximate surface area is 109 Å². The number of halogens is 1. The third-order valence-corrected chi connectivity index (χ3v) is 2.78. The lowest BCUT2D eigenvalue weighted by Crippen LogP contribution is -2.29. The Hall–Kier alpha value is -2.21. The standard InChI is InChI=1S/C13H14FN3O2/c1-8-11(17-7-16-8)6-15-13(19)12(18)9-3-2-4-10(14)5-9/h2-5,7,12,18H,6H2,1H3,(H,15,19)(H,16,17). The predicted molar refractivity (Wildman–Crippen MR) is 66.5 cm³/mol. The van der Waals surface area contributed by atoms with E-state index in [0.29, 0.717) is 5.69 Å². The number of hydrogen-bond donors (Lipinski definition) is 3. The van der Waals surface area contributed by atoms with Gasteiger partial charge in [0, 0.05) is 5.69 Å². The molecule has 0 bridgehead atoms. The van der Waals surface area contributed by atoms with Crippen molar-refractivity contribution in [3.63, 3.8) is 0 Å². The summed E-state index contributed by atoms with van der Waals surface area (Å²) >= 11 is 0. The molecule has 0 aliphatic carbocycles. The topological polar surface area (TPSA) is 78.0 Å². The van der Waals surface area contributed by atoms with Crippen LogP contribution < -0.4 is 5.32 Å². The van der Waals surface area contributed by atoms with Crippen molar-refractivity contribution >= 4 is 5.91 Å². The van der Waals surface area contributed by atoms with Gasteiger partial charge in [-0.15, -0.1) is 0 Å². The van der Waals surface area contributed by atoms with Crippen molar-refractivity contribution in [2.24, 2.45) is 0 Å². The minimum absolute atomic E-state index is 0.209. The van der Waals surface area contributed by atoms with Crippen LogP contribution in [0.4, 0.5) is 4.39 Å². The molecule has 19 heavy (non-hydrogen) atoms. The van der Waals surface area contributed by atoms with Crippen LogP contribution in [0, 0.1) is 12.7 Å².